The molecule has 1 aromatic heterocycles. The molecule has 7 nitrogen and oxygen atoms in total. The number of nitrogens with zero attached hydrogens (tertiary/aromatic N) is 2. The van der Waals surface area contributed by atoms with Gasteiger partial charge in [-0.15, -0.1) is 0 Å². The summed E-state index contributed by atoms with van der Waals surface area (Å²) in [5.74, 6) is 0.315. The number of nitrogen functional groups attached to an aromatic ring is 2. The van der Waals surface area contributed by atoms with Gasteiger partial charge >= 0.3 is 0 Å². The fourth-order valence-electron chi connectivity index (χ4n) is 1.39. The number of H-pyrrole nitrogens is 1. The number of anilines is 2. The quantitative estimate of drug-likeness (QED) is 0.550. The Morgan fingerprint density at radius 2 is 2.00 bits per heavy atom. The van der Waals surface area contributed by atoms with E-state index in [9.17, 15) is 4.79 Å². The lowest BCUT2D eigenvalue weighted by molar-refractivity contribution is 0.0950. The highest BCUT2D eigenvalue weighted by molar-refractivity contribution is 5.96. The maximum atomic E-state index is 11.8. The molecule has 2 rings (SSSR count). The van der Waals surface area contributed by atoms with Gasteiger partial charge in [-0.3, -0.25) is 9.89 Å². The summed E-state index contributed by atoms with van der Waals surface area (Å²) < 4.78 is 0. The van der Waals surface area contributed by atoms with Crippen molar-refractivity contribution in [2.45, 2.75) is 6.54 Å². The Labute approximate surface area is 97.2 Å². The summed E-state index contributed by atoms with van der Waals surface area (Å²) >= 11 is 0. The molecule has 2 aromatic rings. The predicted octanol–water partition coefficient (Wildman–Crippen LogP) is -0.101. The molecule has 0 fully saturated rings. The minimum atomic E-state index is -0.264. The summed E-state index contributed by atoms with van der Waals surface area (Å²) in [6.45, 7) is 0.271. The van der Waals surface area contributed by atoms with E-state index >= 15 is 0 Å². The van der Waals surface area contributed by atoms with Gasteiger partial charge in [-0.2, -0.15) is 5.10 Å². The number of carbonyl (C=O) groups is 1. The van der Waals surface area contributed by atoms with Gasteiger partial charge in [0.05, 0.1) is 6.54 Å². The van der Waals surface area contributed by atoms with Gasteiger partial charge in [-0.25, -0.2) is 4.98 Å². The third kappa shape index (κ3) is 2.71. The van der Waals surface area contributed by atoms with Crippen LogP contribution in [0.5, 0.6) is 0 Å². The molecule has 88 valence electrons. The largest absolute Gasteiger partial charge is 0.399 e. The lowest BCUT2D eigenvalue weighted by Gasteiger charge is -2.05. The SMILES string of the molecule is Nc1cc(N)cc(C(=O)NCc2ncn[nH]2)c1. The molecule has 0 unspecified atom stereocenters. The van der Waals surface area contributed by atoms with E-state index in [2.05, 4.69) is 20.5 Å². The summed E-state index contributed by atoms with van der Waals surface area (Å²) in [7, 11) is 0. The third-order valence-electron chi connectivity index (χ3n) is 2.12. The average Bonchev–Trinajstić information content (AvgIpc) is 2.77. The first-order valence-electron chi connectivity index (χ1n) is 4.93. The lowest BCUT2D eigenvalue weighted by atomic mass is 10.1. The van der Waals surface area contributed by atoms with Crippen LogP contribution in [0.1, 0.15) is 16.2 Å². The first-order chi connectivity index (χ1) is 8.15. The second-order valence-corrected chi connectivity index (χ2v) is 3.50. The first-order valence-corrected chi connectivity index (χ1v) is 4.93. The molecule has 0 radical (unpaired) electrons. The fourth-order valence-corrected chi connectivity index (χ4v) is 1.39. The van der Waals surface area contributed by atoms with Crippen LogP contribution in [0.2, 0.25) is 0 Å². The van der Waals surface area contributed by atoms with Gasteiger partial charge in [0.1, 0.15) is 12.2 Å². The number of rotatable bonds is 3. The van der Waals surface area contributed by atoms with Crippen LogP contribution in [0.3, 0.4) is 0 Å². The second-order valence-electron chi connectivity index (χ2n) is 3.50. The van der Waals surface area contributed by atoms with Crippen LogP contribution in [0.25, 0.3) is 0 Å². The van der Waals surface area contributed by atoms with Crippen molar-refractivity contribution in [1.82, 2.24) is 20.5 Å². The van der Waals surface area contributed by atoms with Crippen molar-refractivity contribution in [3.05, 3.63) is 35.9 Å². The molecule has 17 heavy (non-hydrogen) atoms. The highest BCUT2D eigenvalue weighted by Crippen LogP contribution is 2.13. The van der Waals surface area contributed by atoms with Crippen LogP contribution in [0.15, 0.2) is 24.5 Å². The molecule has 1 amide bonds. The van der Waals surface area contributed by atoms with E-state index in [4.69, 9.17) is 11.5 Å². The molecule has 7 heteroatoms. The van der Waals surface area contributed by atoms with Crippen LogP contribution in [-0.2, 0) is 6.54 Å². The Kier molecular flexibility index (Phi) is 2.91. The van der Waals surface area contributed by atoms with E-state index in [-0.39, 0.29) is 12.5 Å². The van der Waals surface area contributed by atoms with Gasteiger partial charge < -0.3 is 16.8 Å². The molecule has 0 aliphatic rings. The van der Waals surface area contributed by atoms with Crippen LogP contribution < -0.4 is 16.8 Å². The number of hydrogen-bond donors (Lipinski definition) is 4. The Morgan fingerprint density at radius 3 is 2.59 bits per heavy atom. The molecule has 0 aliphatic heterocycles. The van der Waals surface area contributed by atoms with Crippen molar-refractivity contribution in [2.24, 2.45) is 0 Å². The van der Waals surface area contributed by atoms with Crippen LogP contribution in [0.4, 0.5) is 11.4 Å². The van der Waals surface area contributed by atoms with Gasteiger partial charge in [-0.1, -0.05) is 0 Å². The van der Waals surface area contributed by atoms with E-state index in [1.807, 2.05) is 0 Å². The number of carbonyl (C=O) groups excluding carboxylic acids is 1. The Morgan fingerprint density at radius 1 is 1.29 bits per heavy atom. The van der Waals surface area contributed by atoms with Crippen molar-refractivity contribution in [1.29, 1.82) is 0 Å². The summed E-state index contributed by atoms with van der Waals surface area (Å²) in [5, 5.41) is 8.99. The number of aromatic nitrogens is 3. The number of nitrogens with one attached hydrogen (secondary N) is 2. The molecular weight excluding hydrogens is 220 g/mol. The molecule has 6 N–H and O–H groups in total. The minimum Gasteiger partial charge on any atom is -0.399 e. The molecule has 0 saturated carbocycles. The molecule has 1 aromatic carbocycles. The van der Waals surface area contributed by atoms with E-state index in [0.717, 1.165) is 0 Å². The maximum Gasteiger partial charge on any atom is 0.251 e. The topological polar surface area (TPSA) is 123 Å². The maximum absolute atomic E-state index is 11.8. The Balaban J connectivity index is 2.04. The van der Waals surface area contributed by atoms with Crippen molar-refractivity contribution in [3.63, 3.8) is 0 Å². The average molecular weight is 232 g/mol. The zero-order chi connectivity index (χ0) is 12.3. The summed E-state index contributed by atoms with van der Waals surface area (Å²) in [6, 6.07) is 4.71. The van der Waals surface area contributed by atoms with Crippen molar-refractivity contribution < 1.29 is 4.79 Å². The lowest BCUT2D eigenvalue weighted by Crippen LogP contribution is -2.23. The molecule has 0 spiro atoms. The van der Waals surface area contributed by atoms with Crippen LogP contribution in [0, 0.1) is 0 Å². The predicted molar refractivity (Wildman–Crippen MR) is 62.8 cm³/mol. The summed E-state index contributed by atoms with van der Waals surface area (Å²) in [4.78, 5) is 15.6. The van der Waals surface area contributed by atoms with Gasteiger partial charge in [-0.05, 0) is 18.2 Å². The number of nitrogens with two attached hydrogens (primary N) is 2. The Bertz CT molecular complexity index is 501. The number of benzene rings is 1. The van der Waals surface area contributed by atoms with Gasteiger partial charge in [0, 0.05) is 16.9 Å². The zero-order valence-electron chi connectivity index (χ0n) is 8.97. The fraction of sp³-hybridized carbons (Fsp3) is 0.100. The van der Waals surface area contributed by atoms with E-state index < -0.39 is 0 Å². The summed E-state index contributed by atoms with van der Waals surface area (Å²) in [5.41, 5.74) is 12.5. The van der Waals surface area contributed by atoms with E-state index in [0.29, 0.717) is 22.8 Å². The number of hydrogen-bond acceptors (Lipinski definition) is 5. The van der Waals surface area contributed by atoms with E-state index in [1.54, 1.807) is 18.2 Å². The standard InChI is InChI=1S/C10H12N6O/c11-7-1-6(2-8(12)3-7)10(17)13-4-9-14-5-15-16-9/h1-3,5H,4,11-12H2,(H,13,17)(H,14,15,16). The van der Waals surface area contributed by atoms with Gasteiger partial charge in [0.25, 0.3) is 5.91 Å². The van der Waals surface area contributed by atoms with Crippen molar-refractivity contribution in [3.8, 4) is 0 Å². The zero-order valence-corrected chi connectivity index (χ0v) is 8.97. The van der Waals surface area contributed by atoms with Gasteiger partial charge in [0.15, 0.2) is 0 Å². The number of amides is 1. The van der Waals surface area contributed by atoms with Crippen molar-refractivity contribution >= 4 is 17.3 Å². The monoisotopic (exact) mass is 232 g/mol. The van der Waals surface area contributed by atoms with Crippen LogP contribution in [-0.4, -0.2) is 21.1 Å². The molecule has 0 saturated heterocycles. The summed E-state index contributed by atoms with van der Waals surface area (Å²) in [6.07, 6.45) is 1.37. The molecule has 0 bridgehead atoms. The smallest absolute Gasteiger partial charge is 0.251 e. The highest BCUT2D eigenvalue weighted by Gasteiger charge is 2.07. The first kappa shape index (κ1) is 10.9. The second kappa shape index (κ2) is 4.52. The highest BCUT2D eigenvalue weighted by atomic mass is 16.1. The normalized spacial score (nSPS) is 10.1. The molecular formula is C10H12N6O. The van der Waals surface area contributed by atoms with Crippen LogP contribution >= 0.6 is 0 Å². The molecule has 1 heterocycles. The van der Waals surface area contributed by atoms with Gasteiger partial charge in [0.2, 0.25) is 0 Å². The third-order valence-corrected chi connectivity index (χ3v) is 2.12. The minimum absolute atomic E-state index is 0.264. The molecule has 0 aliphatic carbocycles. The van der Waals surface area contributed by atoms with E-state index in [1.165, 1.54) is 6.33 Å². The van der Waals surface area contributed by atoms with Crippen molar-refractivity contribution in [2.75, 3.05) is 11.5 Å². The molecule has 0 atom stereocenters. The Hall–Kier alpha value is -2.57. The number of aromatic amines is 1.